The van der Waals surface area contributed by atoms with Crippen molar-refractivity contribution in [3.8, 4) is 22.3 Å². The van der Waals surface area contributed by atoms with Crippen molar-refractivity contribution >= 4 is 11.4 Å². The normalized spacial score (nSPS) is 11.9. The van der Waals surface area contributed by atoms with E-state index in [1.165, 1.54) is 50.1 Å². The van der Waals surface area contributed by atoms with Crippen LogP contribution >= 0.6 is 0 Å². The van der Waals surface area contributed by atoms with Crippen molar-refractivity contribution in [3.05, 3.63) is 70.3 Å². The molecule has 0 saturated heterocycles. The third-order valence-corrected chi connectivity index (χ3v) is 7.11. The van der Waals surface area contributed by atoms with Crippen molar-refractivity contribution in [2.75, 3.05) is 11.5 Å². The topological polar surface area (TPSA) is 52.0 Å². The summed E-state index contributed by atoms with van der Waals surface area (Å²) in [6.45, 7) is 20.0. The van der Waals surface area contributed by atoms with Crippen molar-refractivity contribution in [1.29, 1.82) is 0 Å². The van der Waals surface area contributed by atoms with E-state index in [4.69, 9.17) is 11.5 Å². The minimum absolute atomic E-state index is 0.380. The summed E-state index contributed by atoms with van der Waals surface area (Å²) in [5.74, 6) is 1.52. The van der Waals surface area contributed by atoms with Crippen molar-refractivity contribution < 1.29 is 0 Å². The number of benzene rings is 3. The first-order valence-corrected chi connectivity index (χ1v) is 13.0. The fourth-order valence-corrected chi connectivity index (χ4v) is 4.96. The highest BCUT2D eigenvalue weighted by atomic mass is 14.6. The molecule has 0 spiro atoms. The molecule has 3 aromatic rings. The lowest BCUT2D eigenvalue weighted by Gasteiger charge is -2.21. The largest absolute Gasteiger partial charge is 0.398 e. The molecule has 0 fully saturated rings. The van der Waals surface area contributed by atoms with Gasteiger partial charge in [-0.25, -0.2) is 0 Å². The number of nitrogens with two attached hydrogens (primary N) is 2. The molecule has 0 unspecified atom stereocenters. The fraction of sp³-hybridized carbons (Fsp3) is 0.438. The van der Waals surface area contributed by atoms with Gasteiger partial charge in [-0.15, -0.1) is 0 Å². The Bertz CT molecular complexity index is 1110. The molecule has 0 aliphatic rings. The van der Waals surface area contributed by atoms with Gasteiger partial charge in [-0.2, -0.15) is 0 Å². The average molecular weight is 457 g/mol. The third kappa shape index (κ3) is 5.02. The van der Waals surface area contributed by atoms with Crippen LogP contribution in [0.3, 0.4) is 0 Å². The van der Waals surface area contributed by atoms with Crippen LogP contribution in [0.4, 0.5) is 11.4 Å². The van der Waals surface area contributed by atoms with Crippen molar-refractivity contribution in [3.63, 3.8) is 0 Å². The fourth-order valence-electron chi connectivity index (χ4n) is 4.96. The Morgan fingerprint density at radius 3 is 1.26 bits per heavy atom. The molecule has 34 heavy (non-hydrogen) atoms. The Morgan fingerprint density at radius 1 is 0.529 bits per heavy atom. The highest BCUT2D eigenvalue weighted by molar-refractivity contribution is 5.80. The number of hydrogen-bond donors (Lipinski definition) is 2. The summed E-state index contributed by atoms with van der Waals surface area (Å²) in [7, 11) is 0. The lowest BCUT2D eigenvalue weighted by Crippen LogP contribution is -2.05. The van der Waals surface area contributed by atoms with Gasteiger partial charge in [-0.3, -0.25) is 0 Å². The quantitative estimate of drug-likeness (QED) is 0.348. The molecule has 3 aromatic carbocycles. The van der Waals surface area contributed by atoms with E-state index in [1.807, 2.05) is 0 Å². The third-order valence-electron chi connectivity index (χ3n) is 7.11. The first-order valence-electron chi connectivity index (χ1n) is 13.0. The van der Waals surface area contributed by atoms with E-state index >= 15 is 0 Å². The Kier molecular flexibility index (Phi) is 7.81. The summed E-state index contributed by atoms with van der Waals surface area (Å²) in [6.07, 6.45) is 0.990. The van der Waals surface area contributed by atoms with E-state index in [2.05, 4.69) is 105 Å². The Balaban J connectivity index is 2.28. The number of hydrogen-bond acceptors (Lipinski definition) is 2. The molecule has 3 rings (SSSR count). The highest BCUT2D eigenvalue weighted by Gasteiger charge is 2.18. The zero-order valence-electron chi connectivity index (χ0n) is 22.7. The van der Waals surface area contributed by atoms with Gasteiger partial charge in [0.2, 0.25) is 0 Å². The molecule has 2 heteroatoms. The summed E-state index contributed by atoms with van der Waals surface area (Å²) < 4.78 is 0. The number of nitrogen functional groups attached to an aromatic ring is 2. The summed E-state index contributed by atoms with van der Waals surface area (Å²) in [6, 6.07) is 16.1. The maximum Gasteiger partial charge on any atom is 0.0384 e. The highest BCUT2D eigenvalue weighted by Crippen LogP contribution is 2.40. The smallest absolute Gasteiger partial charge is 0.0384 e. The van der Waals surface area contributed by atoms with Gasteiger partial charge in [0.1, 0.15) is 0 Å². The van der Waals surface area contributed by atoms with E-state index in [-0.39, 0.29) is 0 Å². The molecular formula is C32H44N2. The van der Waals surface area contributed by atoms with Crippen LogP contribution in [0, 0.1) is 0 Å². The SMILES string of the molecule is CCc1ccc(-c2cc(C(C)C)c(N)c(C(C)C)c2)cc1-c1cc(C(C)C)c(N)c(C(C)C)c1. The summed E-state index contributed by atoms with van der Waals surface area (Å²) in [5.41, 5.74) is 26.5. The van der Waals surface area contributed by atoms with Gasteiger partial charge >= 0.3 is 0 Å². The molecule has 0 radical (unpaired) electrons. The summed E-state index contributed by atoms with van der Waals surface area (Å²) in [4.78, 5) is 0. The maximum atomic E-state index is 6.62. The second-order valence-corrected chi connectivity index (χ2v) is 11.0. The van der Waals surface area contributed by atoms with Gasteiger partial charge in [0.05, 0.1) is 0 Å². The molecule has 0 aromatic heterocycles. The molecule has 0 atom stereocenters. The number of rotatable bonds is 7. The van der Waals surface area contributed by atoms with Crippen LogP contribution in [-0.4, -0.2) is 0 Å². The molecule has 0 aliphatic carbocycles. The van der Waals surface area contributed by atoms with Crippen LogP contribution in [0.5, 0.6) is 0 Å². The van der Waals surface area contributed by atoms with Crippen LogP contribution < -0.4 is 11.5 Å². The lowest BCUT2D eigenvalue weighted by molar-refractivity contribution is 0.840. The predicted molar refractivity (Wildman–Crippen MR) is 152 cm³/mol. The zero-order valence-corrected chi connectivity index (χ0v) is 22.7. The van der Waals surface area contributed by atoms with Gasteiger partial charge in [0.15, 0.2) is 0 Å². The molecule has 182 valence electrons. The Hall–Kier alpha value is -2.74. The molecular weight excluding hydrogens is 412 g/mol. The minimum atomic E-state index is 0.380. The van der Waals surface area contributed by atoms with Crippen LogP contribution in [0.1, 0.15) is 114 Å². The first-order chi connectivity index (χ1) is 16.0. The second kappa shape index (κ2) is 10.3. The van der Waals surface area contributed by atoms with Crippen LogP contribution in [0.25, 0.3) is 22.3 Å². The Morgan fingerprint density at radius 2 is 0.912 bits per heavy atom. The molecule has 0 aliphatic heterocycles. The molecule has 0 heterocycles. The second-order valence-electron chi connectivity index (χ2n) is 11.0. The van der Waals surface area contributed by atoms with E-state index < -0.39 is 0 Å². The summed E-state index contributed by atoms with van der Waals surface area (Å²) in [5, 5.41) is 0. The molecule has 0 bridgehead atoms. The van der Waals surface area contributed by atoms with Crippen LogP contribution in [-0.2, 0) is 6.42 Å². The zero-order chi connectivity index (χ0) is 25.3. The standard InChI is InChI=1S/C32H44N2/c1-10-22-11-12-23(24-14-26(18(2)3)31(33)27(15-24)19(4)5)13-30(22)25-16-28(20(6)7)32(34)29(17-25)21(8)9/h11-21H,10,33-34H2,1-9H3. The molecule has 0 saturated carbocycles. The van der Waals surface area contributed by atoms with Gasteiger partial charge in [-0.05, 0) is 110 Å². The monoisotopic (exact) mass is 456 g/mol. The minimum Gasteiger partial charge on any atom is -0.398 e. The van der Waals surface area contributed by atoms with Gasteiger partial charge in [-0.1, -0.05) is 74.4 Å². The van der Waals surface area contributed by atoms with Crippen LogP contribution in [0.2, 0.25) is 0 Å². The number of anilines is 2. The maximum absolute atomic E-state index is 6.62. The first kappa shape index (κ1) is 25.9. The average Bonchev–Trinajstić information content (AvgIpc) is 2.78. The van der Waals surface area contributed by atoms with Crippen LogP contribution in [0.15, 0.2) is 42.5 Å². The molecule has 0 amide bonds. The lowest BCUT2D eigenvalue weighted by atomic mass is 9.85. The van der Waals surface area contributed by atoms with Gasteiger partial charge < -0.3 is 11.5 Å². The predicted octanol–water partition coefficient (Wildman–Crippen LogP) is 9.24. The Labute approximate surface area is 207 Å². The van der Waals surface area contributed by atoms with E-state index in [0.29, 0.717) is 23.7 Å². The molecule has 2 nitrogen and oxygen atoms in total. The van der Waals surface area contributed by atoms with Crippen molar-refractivity contribution in [2.24, 2.45) is 0 Å². The van der Waals surface area contributed by atoms with E-state index in [9.17, 15) is 0 Å². The van der Waals surface area contributed by atoms with Gasteiger partial charge in [0, 0.05) is 11.4 Å². The van der Waals surface area contributed by atoms with E-state index in [1.54, 1.807) is 0 Å². The molecule has 4 N–H and O–H groups in total. The van der Waals surface area contributed by atoms with Crippen molar-refractivity contribution in [2.45, 2.75) is 92.4 Å². The van der Waals surface area contributed by atoms with Gasteiger partial charge in [0.25, 0.3) is 0 Å². The van der Waals surface area contributed by atoms with Crippen molar-refractivity contribution in [1.82, 2.24) is 0 Å². The van der Waals surface area contributed by atoms with E-state index in [0.717, 1.165) is 17.8 Å². The summed E-state index contributed by atoms with van der Waals surface area (Å²) >= 11 is 0. The number of aryl methyl sites for hydroxylation is 1.